The van der Waals surface area contributed by atoms with Gasteiger partial charge in [-0.25, -0.2) is 4.57 Å². The summed E-state index contributed by atoms with van der Waals surface area (Å²) in [6, 6.07) is 0. The van der Waals surface area contributed by atoms with Crippen molar-refractivity contribution in [2.45, 2.75) is 187 Å². The lowest BCUT2D eigenvalue weighted by molar-refractivity contribution is -0.161. The Bertz CT molecular complexity index is 807. The van der Waals surface area contributed by atoms with Crippen LogP contribution >= 0.6 is 7.82 Å². The number of allylic oxidation sites excluding steroid dienone is 4. The molecular formula is C37H69O8P. The first-order chi connectivity index (χ1) is 22.3. The topological polar surface area (TPSA) is 119 Å². The summed E-state index contributed by atoms with van der Waals surface area (Å²) < 4.78 is 26.3. The van der Waals surface area contributed by atoms with Crippen molar-refractivity contribution in [3.8, 4) is 0 Å². The number of hydrogen-bond acceptors (Lipinski definition) is 6. The number of ether oxygens (including phenoxy) is 2. The van der Waals surface area contributed by atoms with Crippen LogP contribution in [0.3, 0.4) is 0 Å². The Kier molecular flexibility index (Phi) is 32.4. The Morgan fingerprint density at radius 3 is 1.33 bits per heavy atom. The van der Waals surface area contributed by atoms with Gasteiger partial charge in [-0.1, -0.05) is 128 Å². The maximum Gasteiger partial charge on any atom is 0.469 e. The van der Waals surface area contributed by atoms with Crippen molar-refractivity contribution < 1.29 is 37.9 Å². The minimum absolute atomic E-state index is 0.202. The minimum atomic E-state index is -4.75. The number of phosphoric ester groups is 1. The summed E-state index contributed by atoms with van der Waals surface area (Å²) in [5, 5.41) is 0. The van der Waals surface area contributed by atoms with Gasteiger partial charge >= 0.3 is 19.8 Å². The van der Waals surface area contributed by atoms with E-state index in [0.717, 1.165) is 64.2 Å². The van der Waals surface area contributed by atoms with Gasteiger partial charge in [-0.3, -0.25) is 14.1 Å². The van der Waals surface area contributed by atoms with Crippen molar-refractivity contribution in [2.75, 3.05) is 13.2 Å². The number of unbranched alkanes of at least 4 members (excludes halogenated alkanes) is 20. The van der Waals surface area contributed by atoms with Crippen molar-refractivity contribution in [2.24, 2.45) is 0 Å². The van der Waals surface area contributed by atoms with E-state index < -0.39 is 32.5 Å². The monoisotopic (exact) mass is 672 g/mol. The smallest absolute Gasteiger partial charge is 0.462 e. The van der Waals surface area contributed by atoms with Crippen molar-refractivity contribution in [3.63, 3.8) is 0 Å². The van der Waals surface area contributed by atoms with Crippen LogP contribution in [0.5, 0.6) is 0 Å². The fraction of sp³-hybridized carbons (Fsp3) is 0.838. The maximum absolute atomic E-state index is 12.3. The third-order valence-corrected chi connectivity index (χ3v) is 8.43. The first-order valence-corrected chi connectivity index (χ1v) is 20.2. The number of carbonyl (C=O) groups is 2. The van der Waals surface area contributed by atoms with Crippen LogP contribution in [0.1, 0.15) is 181 Å². The molecule has 9 heteroatoms. The van der Waals surface area contributed by atoms with Crippen LogP contribution in [0.15, 0.2) is 24.3 Å². The largest absolute Gasteiger partial charge is 0.469 e. The lowest BCUT2D eigenvalue weighted by atomic mass is 10.1. The molecule has 0 aliphatic heterocycles. The van der Waals surface area contributed by atoms with Crippen LogP contribution < -0.4 is 0 Å². The average molecular weight is 673 g/mol. The molecule has 2 N–H and O–H groups in total. The molecule has 0 aliphatic rings. The van der Waals surface area contributed by atoms with E-state index in [1.807, 2.05) is 0 Å². The third-order valence-electron chi connectivity index (χ3n) is 7.94. The highest BCUT2D eigenvalue weighted by atomic mass is 31.2. The zero-order valence-electron chi connectivity index (χ0n) is 29.5. The number of rotatable bonds is 34. The maximum atomic E-state index is 12.3. The molecular weight excluding hydrogens is 603 g/mol. The van der Waals surface area contributed by atoms with E-state index in [9.17, 15) is 14.2 Å². The third kappa shape index (κ3) is 35.4. The van der Waals surface area contributed by atoms with Crippen LogP contribution in [0.4, 0.5) is 0 Å². The fourth-order valence-electron chi connectivity index (χ4n) is 5.13. The van der Waals surface area contributed by atoms with Gasteiger partial charge in [0, 0.05) is 12.8 Å². The zero-order chi connectivity index (χ0) is 34.0. The Balaban J connectivity index is 3.99. The van der Waals surface area contributed by atoms with E-state index in [1.165, 1.54) is 77.0 Å². The SMILES string of the molecule is CCCCCCC/C=C\CCCCCCCC(=O)OCC(COP(=O)(O)O)OC(=O)CCCCCCC/C=C\CCCCCCC. The lowest BCUT2D eigenvalue weighted by Gasteiger charge is -2.18. The molecule has 8 nitrogen and oxygen atoms in total. The molecule has 0 aromatic rings. The van der Waals surface area contributed by atoms with Gasteiger partial charge in [-0.05, 0) is 64.2 Å². The molecule has 1 atom stereocenters. The summed E-state index contributed by atoms with van der Waals surface area (Å²) in [6.07, 6.45) is 36.1. The van der Waals surface area contributed by atoms with Crippen LogP contribution in [-0.4, -0.2) is 41.0 Å². The second-order valence-electron chi connectivity index (χ2n) is 12.5. The van der Waals surface area contributed by atoms with Crippen molar-refractivity contribution in [1.29, 1.82) is 0 Å². The highest BCUT2D eigenvalue weighted by molar-refractivity contribution is 7.46. The molecule has 0 bridgehead atoms. The van der Waals surface area contributed by atoms with Gasteiger partial charge in [0.05, 0.1) is 6.61 Å². The van der Waals surface area contributed by atoms with E-state index in [-0.39, 0.29) is 19.4 Å². The summed E-state index contributed by atoms with van der Waals surface area (Å²) in [5.41, 5.74) is 0. The quantitative estimate of drug-likeness (QED) is 0.0300. The summed E-state index contributed by atoms with van der Waals surface area (Å²) in [4.78, 5) is 42.6. The van der Waals surface area contributed by atoms with Gasteiger partial charge in [0.1, 0.15) is 6.61 Å². The van der Waals surface area contributed by atoms with Crippen LogP contribution in [0, 0.1) is 0 Å². The number of hydrogen-bond donors (Lipinski definition) is 2. The second kappa shape index (κ2) is 33.4. The Labute approximate surface area is 281 Å². The van der Waals surface area contributed by atoms with E-state index in [1.54, 1.807) is 0 Å². The van der Waals surface area contributed by atoms with Crippen LogP contribution in [0.2, 0.25) is 0 Å². The molecule has 0 aliphatic carbocycles. The molecule has 0 aromatic carbocycles. The fourth-order valence-corrected chi connectivity index (χ4v) is 5.49. The summed E-state index contributed by atoms with van der Waals surface area (Å²) in [7, 11) is -4.75. The second-order valence-corrected chi connectivity index (χ2v) is 13.8. The van der Waals surface area contributed by atoms with E-state index >= 15 is 0 Å². The molecule has 0 saturated heterocycles. The highest BCUT2D eigenvalue weighted by Gasteiger charge is 2.22. The van der Waals surface area contributed by atoms with Gasteiger partial charge in [0.2, 0.25) is 0 Å². The highest BCUT2D eigenvalue weighted by Crippen LogP contribution is 2.36. The van der Waals surface area contributed by atoms with Crippen molar-refractivity contribution in [1.82, 2.24) is 0 Å². The van der Waals surface area contributed by atoms with Crippen molar-refractivity contribution in [3.05, 3.63) is 24.3 Å². The predicted octanol–water partition coefficient (Wildman–Crippen LogP) is 10.8. The lowest BCUT2D eigenvalue weighted by Crippen LogP contribution is -2.29. The molecule has 1 unspecified atom stereocenters. The predicted molar refractivity (Wildman–Crippen MR) is 189 cm³/mol. The van der Waals surface area contributed by atoms with E-state index in [0.29, 0.717) is 12.8 Å². The van der Waals surface area contributed by atoms with Crippen LogP contribution in [-0.2, 0) is 28.2 Å². The average Bonchev–Trinajstić information content (AvgIpc) is 3.02. The molecule has 0 spiro atoms. The minimum Gasteiger partial charge on any atom is -0.462 e. The summed E-state index contributed by atoms with van der Waals surface area (Å²) in [5.74, 6) is -0.903. The van der Waals surface area contributed by atoms with Gasteiger partial charge < -0.3 is 19.3 Å². The molecule has 0 amide bonds. The Hall–Kier alpha value is -1.47. The van der Waals surface area contributed by atoms with Crippen molar-refractivity contribution >= 4 is 19.8 Å². The van der Waals surface area contributed by atoms with Gasteiger partial charge in [-0.15, -0.1) is 0 Å². The number of carbonyl (C=O) groups excluding carboxylic acids is 2. The number of phosphoric acid groups is 1. The van der Waals surface area contributed by atoms with Gasteiger partial charge in [0.25, 0.3) is 0 Å². The molecule has 46 heavy (non-hydrogen) atoms. The molecule has 0 radical (unpaired) electrons. The van der Waals surface area contributed by atoms with Gasteiger partial charge in [0.15, 0.2) is 6.10 Å². The Morgan fingerprint density at radius 2 is 0.913 bits per heavy atom. The summed E-state index contributed by atoms with van der Waals surface area (Å²) in [6.45, 7) is 3.64. The molecule has 0 saturated carbocycles. The standard InChI is InChI=1S/C37H69O8P/c1-3-5-7-9-11-13-15-17-19-21-23-25-27-29-31-36(38)43-33-35(34-44-46(40,41)42)45-37(39)32-30-28-26-24-22-20-18-16-14-12-10-8-6-4-2/h15-18,35H,3-14,19-34H2,1-2H3,(H2,40,41,42)/b17-15-,18-16-. The van der Waals surface area contributed by atoms with Crippen LogP contribution in [0.25, 0.3) is 0 Å². The molecule has 0 rings (SSSR count). The molecule has 0 fully saturated rings. The first kappa shape index (κ1) is 44.5. The van der Waals surface area contributed by atoms with E-state index in [4.69, 9.17) is 19.3 Å². The Morgan fingerprint density at radius 1 is 0.543 bits per heavy atom. The molecule has 0 aromatic heterocycles. The molecule has 270 valence electrons. The normalized spacial score (nSPS) is 12.7. The van der Waals surface area contributed by atoms with E-state index in [2.05, 4.69) is 42.7 Å². The summed E-state index contributed by atoms with van der Waals surface area (Å²) >= 11 is 0. The first-order valence-electron chi connectivity index (χ1n) is 18.6. The van der Waals surface area contributed by atoms with Gasteiger partial charge in [-0.2, -0.15) is 0 Å². The molecule has 0 heterocycles. The number of esters is 2. The zero-order valence-corrected chi connectivity index (χ0v) is 30.4.